The molecule has 2 aliphatic rings. The number of amidine groups is 1. The predicted octanol–water partition coefficient (Wildman–Crippen LogP) is 2.83. The summed E-state index contributed by atoms with van der Waals surface area (Å²) in [7, 11) is 1.59. The van der Waals surface area contributed by atoms with Crippen molar-refractivity contribution in [2.24, 2.45) is 21.6 Å². The van der Waals surface area contributed by atoms with E-state index in [2.05, 4.69) is 27.3 Å². The van der Waals surface area contributed by atoms with E-state index in [1.54, 1.807) is 7.05 Å². The number of nitrogens with zero attached hydrogens (tertiary/aromatic N) is 3. The smallest absolute Gasteiger partial charge is 0.276 e. The summed E-state index contributed by atoms with van der Waals surface area (Å²) < 4.78 is 1.52. The van der Waals surface area contributed by atoms with E-state index in [-0.39, 0.29) is 33.8 Å². The Morgan fingerprint density at radius 3 is 2.55 bits per heavy atom. The van der Waals surface area contributed by atoms with E-state index in [9.17, 15) is 9.59 Å². The van der Waals surface area contributed by atoms with E-state index in [0.717, 1.165) is 19.3 Å². The molecule has 1 fully saturated rings. The number of rotatable bonds is 5. The molecule has 0 bridgehead atoms. The average molecular weight is 419 g/mol. The van der Waals surface area contributed by atoms with Gasteiger partial charge >= 0.3 is 0 Å². The number of halogens is 1. The number of aromatic nitrogens is 1. The molecule has 0 atom stereocenters. The van der Waals surface area contributed by atoms with Crippen LogP contribution in [-0.2, 0) is 5.66 Å². The van der Waals surface area contributed by atoms with Crippen molar-refractivity contribution < 1.29 is 4.79 Å². The van der Waals surface area contributed by atoms with Gasteiger partial charge in [0.05, 0.1) is 5.02 Å². The topological polar surface area (TPSA) is 114 Å². The summed E-state index contributed by atoms with van der Waals surface area (Å²) in [6.07, 6.45) is 4.33. The number of nitrogens with two attached hydrogens (primary N) is 1. The van der Waals surface area contributed by atoms with Gasteiger partial charge in [0.2, 0.25) is 0 Å². The van der Waals surface area contributed by atoms with Gasteiger partial charge in [-0.15, -0.1) is 0 Å². The number of hydrogen-bond donors (Lipinski definition) is 3. The van der Waals surface area contributed by atoms with Gasteiger partial charge < -0.3 is 16.4 Å². The third-order valence-electron chi connectivity index (χ3n) is 5.58. The Kier molecular flexibility index (Phi) is 5.84. The van der Waals surface area contributed by atoms with Crippen LogP contribution in [-0.4, -0.2) is 30.1 Å². The zero-order valence-corrected chi connectivity index (χ0v) is 17.8. The first-order valence-electron chi connectivity index (χ1n) is 9.75. The van der Waals surface area contributed by atoms with Crippen LogP contribution in [0.1, 0.15) is 56.4 Å². The maximum absolute atomic E-state index is 13.4. The Labute approximate surface area is 174 Å². The zero-order valence-electron chi connectivity index (χ0n) is 17.0. The molecule has 29 heavy (non-hydrogen) atoms. The number of fused-ring (bicyclic) bond motifs is 2. The molecule has 0 aromatic carbocycles. The minimum atomic E-state index is -0.723. The minimum absolute atomic E-state index is 0.00714. The highest BCUT2D eigenvalue weighted by atomic mass is 35.5. The standard InChI is InChI=1S/C20H27ClN6O2/c1-11(2)14(16(22)23-3)17(24-4)25-13-10-12(21)15-18(28)26-20(27(15)19(13)29)8-6-5-7-9-20/h10-11,25H,4-9H2,1-3H3,(H2,22,23)(H,26,28)/b17-14+. The van der Waals surface area contributed by atoms with Gasteiger partial charge in [0, 0.05) is 12.6 Å². The maximum Gasteiger partial charge on any atom is 0.276 e. The molecule has 1 aromatic rings. The summed E-state index contributed by atoms with van der Waals surface area (Å²) in [5.41, 5.74) is 6.05. The van der Waals surface area contributed by atoms with Crippen LogP contribution < -0.4 is 21.9 Å². The molecule has 0 saturated heterocycles. The molecule has 3 rings (SSSR count). The fourth-order valence-corrected chi connectivity index (χ4v) is 4.52. The van der Waals surface area contributed by atoms with Crippen LogP contribution >= 0.6 is 11.6 Å². The highest BCUT2D eigenvalue weighted by Crippen LogP contribution is 2.38. The van der Waals surface area contributed by atoms with Gasteiger partial charge in [0.1, 0.15) is 28.7 Å². The van der Waals surface area contributed by atoms with Crippen molar-refractivity contribution in [1.82, 2.24) is 9.88 Å². The monoisotopic (exact) mass is 418 g/mol. The Hall–Kier alpha value is -2.61. The van der Waals surface area contributed by atoms with Crippen molar-refractivity contribution in [3.8, 4) is 0 Å². The highest BCUT2D eigenvalue weighted by molar-refractivity contribution is 6.34. The molecule has 8 nitrogen and oxygen atoms in total. The molecule has 1 saturated carbocycles. The first-order valence-corrected chi connectivity index (χ1v) is 10.1. The predicted molar refractivity (Wildman–Crippen MR) is 117 cm³/mol. The van der Waals surface area contributed by atoms with Crippen LogP contribution in [0.2, 0.25) is 5.02 Å². The fraction of sp³-hybridized carbons (Fsp3) is 0.500. The summed E-state index contributed by atoms with van der Waals surface area (Å²) in [6.45, 7) is 7.50. The average Bonchev–Trinajstić information content (AvgIpc) is 2.97. The quantitative estimate of drug-likeness (QED) is 0.503. The van der Waals surface area contributed by atoms with Crippen LogP contribution in [0.3, 0.4) is 0 Å². The molecule has 1 aliphatic heterocycles. The largest absolute Gasteiger partial charge is 0.384 e. The number of carbonyl (C=O) groups is 1. The molecule has 1 aliphatic carbocycles. The van der Waals surface area contributed by atoms with Gasteiger partial charge in [-0.2, -0.15) is 0 Å². The second-order valence-electron chi connectivity index (χ2n) is 7.75. The van der Waals surface area contributed by atoms with Crippen molar-refractivity contribution in [2.45, 2.75) is 51.6 Å². The van der Waals surface area contributed by atoms with Crippen molar-refractivity contribution in [2.75, 3.05) is 12.4 Å². The Morgan fingerprint density at radius 1 is 1.34 bits per heavy atom. The molecule has 9 heteroatoms. The van der Waals surface area contributed by atoms with Gasteiger partial charge in [0.25, 0.3) is 11.5 Å². The number of hydrogen-bond acceptors (Lipinski definition) is 5. The number of aliphatic imine (C=N–C) groups is 2. The van der Waals surface area contributed by atoms with Crippen LogP contribution in [0, 0.1) is 5.92 Å². The zero-order chi connectivity index (χ0) is 21.3. The fourth-order valence-electron chi connectivity index (χ4n) is 4.24. The number of pyridine rings is 1. The highest BCUT2D eigenvalue weighted by Gasteiger charge is 2.45. The Morgan fingerprint density at radius 2 is 2.00 bits per heavy atom. The molecule has 1 aromatic heterocycles. The lowest BCUT2D eigenvalue weighted by molar-refractivity contribution is 0.0877. The van der Waals surface area contributed by atoms with Crippen molar-refractivity contribution in [1.29, 1.82) is 0 Å². The molecule has 2 heterocycles. The third kappa shape index (κ3) is 3.57. The summed E-state index contributed by atoms with van der Waals surface area (Å²) in [5, 5.41) is 6.25. The molecule has 0 unspecified atom stereocenters. The number of nitrogens with one attached hydrogen (secondary N) is 2. The van der Waals surface area contributed by atoms with Gasteiger partial charge in [-0.25, -0.2) is 4.99 Å². The van der Waals surface area contributed by atoms with Gasteiger partial charge in [-0.3, -0.25) is 19.1 Å². The second kappa shape index (κ2) is 8.02. The summed E-state index contributed by atoms with van der Waals surface area (Å²) >= 11 is 6.43. The normalized spacial score (nSPS) is 19.1. The summed E-state index contributed by atoms with van der Waals surface area (Å²) in [4.78, 5) is 34.1. The van der Waals surface area contributed by atoms with Crippen LogP contribution in [0.25, 0.3) is 0 Å². The van der Waals surface area contributed by atoms with Crippen LogP contribution in [0.15, 0.2) is 32.2 Å². The minimum Gasteiger partial charge on any atom is -0.384 e. The van der Waals surface area contributed by atoms with Crippen molar-refractivity contribution in [3.05, 3.63) is 38.5 Å². The SMILES string of the molecule is C=N/C(Nc1cc(Cl)c2n(c1=O)C1(CCCCC1)NC2=O)=C(\C(N)=N/C)C(C)C. The molecule has 4 N–H and O–H groups in total. The van der Waals surface area contributed by atoms with Gasteiger partial charge in [-0.1, -0.05) is 31.9 Å². The van der Waals surface area contributed by atoms with Crippen LogP contribution in [0.4, 0.5) is 5.69 Å². The lowest BCUT2D eigenvalue weighted by atomic mass is 9.89. The number of carbonyl (C=O) groups excluding carboxylic acids is 1. The van der Waals surface area contributed by atoms with E-state index in [0.29, 0.717) is 30.1 Å². The molecule has 156 valence electrons. The Bertz CT molecular complexity index is 970. The van der Waals surface area contributed by atoms with E-state index in [1.165, 1.54) is 10.6 Å². The summed E-state index contributed by atoms with van der Waals surface area (Å²) in [5.74, 6) is 0.324. The molecule has 0 radical (unpaired) electrons. The van der Waals surface area contributed by atoms with Gasteiger partial charge in [-0.05, 0) is 44.4 Å². The first kappa shape index (κ1) is 21.1. The lowest BCUT2D eigenvalue weighted by Crippen LogP contribution is -2.48. The molecule has 1 spiro atoms. The first-order chi connectivity index (χ1) is 13.8. The van der Waals surface area contributed by atoms with E-state index >= 15 is 0 Å². The van der Waals surface area contributed by atoms with Crippen LogP contribution in [0.5, 0.6) is 0 Å². The van der Waals surface area contributed by atoms with Gasteiger partial charge in [0.15, 0.2) is 0 Å². The van der Waals surface area contributed by atoms with E-state index in [1.807, 2.05) is 13.8 Å². The van der Waals surface area contributed by atoms with Crippen molar-refractivity contribution >= 4 is 35.7 Å². The summed E-state index contributed by atoms with van der Waals surface area (Å²) in [6, 6.07) is 1.46. The Balaban J connectivity index is 2.17. The number of anilines is 1. The van der Waals surface area contributed by atoms with E-state index < -0.39 is 5.66 Å². The van der Waals surface area contributed by atoms with E-state index in [4.69, 9.17) is 17.3 Å². The molecular formula is C20H27ClN6O2. The third-order valence-corrected chi connectivity index (χ3v) is 5.87. The lowest BCUT2D eigenvalue weighted by Gasteiger charge is -2.35. The second-order valence-corrected chi connectivity index (χ2v) is 8.16. The molecule has 1 amide bonds. The van der Waals surface area contributed by atoms with Crippen molar-refractivity contribution in [3.63, 3.8) is 0 Å². The molecular weight excluding hydrogens is 392 g/mol. The maximum atomic E-state index is 13.4. The number of amides is 1.